The number of carbonyl (C=O) groups is 2. The highest BCUT2D eigenvalue weighted by molar-refractivity contribution is 8.00. The molecule has 0 aliphatic rings. The number of hydrogen-bond donors (Lipinski definition) is 1. The first-order valence-corrected chi connectivity index (χ1v) is 9.20. The molecule has 2 aromatic carbocycles. The van der Waals surface area contributed by atoms with E-state index in [-0.39, 0.29) is 5.91 Å². The molecule has 1 atom stereocenters. The van der Waals surface area contributed by atoms with E-state index in [0.717, 1.165) is 11.3 Å². The number of amides is 1. The molecule has 6 heteroatoms. The van der Waals surface area contributed by atoms with Crippen LogP contribution in [0.15, 0.2) is 53.4 Å². The Hall–Kier alpha value is -2.47. The Bertz CT molecular complexity index is 761. The minimum atomic E-state index is -0.905. The number of ether oxygens (including phenoxy) is 1. The van der Waals surface area contributed by atoms with Gasteiger partial charge in [-0.15, -0.1) is 11.8 Å². The van der Waals surface area contributed by atoms with Crippen molar-refractivity contribution in [2.45, 2.75) is 24.0 Å². The zero-order chi connectivity index (χ0) is 19.1. The summed E-state index contributed by atoms with van der Waals surface area (Å²) >= 11 is 1.17. The highest BCUT2D eigenvalue weighted by atomic mass is 32.2. The second-order valence-electron chi connectivity index (χ2n) is 5.98. The van der Waals surface area contributed by atoms with Crippen molar-refractivity contribution in [1.29, 1.82) is 0 Å². The van der Waals surface area contributed by atoms with Gasteiger partial charge in [-0.3, -0.25) is 9.59 Å². The monoisotopic (exact) mass is 373 g/mol. The van der Waals surface area contributed by atoms with Crippen molar-refractivity contribution in [3.8, 4) is 5.75 Å². The molecule has 2 rings (SSSR count). The molecule has 0 radical (unpaired) electrons. The van der Waals surface area contributed by atoms with Gasteiger partial charge in [-0.25, -0.2) is 0 Å². The highest BCUT2D eigenvalue weighted by Gasteiger charge is 2.19. The maximum atomic E-state index is 12.7. The molecule has 0 spiro atoms. The third-order valence-corrected chi connectivity index (χ3v) is 5.00. The molecule has 2 aromatic rings. The Labute approximate surface area is 158 Å². The summed E-state index contributed by atoms with van der Waals surface area (Å²) in [5.74, 6) is -0.294. The van der Waals surface area contributed by atoms with Crippen LogP contribution < -0.4 is 4.74 Å². The van der Waals surface area contributed by atoms with Crippen molar-refractivity contribution in [2.75, 3.05) is 20.2 Å². The third kappa shape index (κ3) is 5.52. The number of thioether (sulfide) groups is 1. The quantitative estimate of drug-likeness (QED) is 0.715. The Morgan fingerprint density at radius 2 is 1.81 bits per heavy atom. The van der Waals surface area contributed by atoms with Crippen LogP contribution in [0.4, 0.5) is 0 Å². The van der Waals surface area contributed by atoms with E-state index in [0.29, 0.717) is 23.6 Å². The molecular formula is C20H23NO4S. The van der Waals surface area contributed by atoms with Crippen LogP contribution in [0.3, 0.4) is 0 Å². The summed E-state index contributed by atoms with van der Waals surface area (Å²) in [6.07, 6.45) is 0. The first kappa shape index (κ1) is 19.8. The smallest absolute Gasteiger partial charge is 0.316 e. The van der Waals surface area contributed by atoms with E-state index in [1.54, 1.807) is 43.1 Å². The Morgan fingerprint density at radius 1 is 1.15 bits per heavy atom. The average molecular weight is 373 g/mol. The van der Waals surface area contributed by atoms with Gasteiger partial charge in [0, 0.05) is 11.9 Å². The number of rotatable bonds is 8. The predicted octanol–water partition coefficient (Wildman–Crippen LogP) is 3.71. The lowest BCUT2D eigenvalue weighted by atomic mass is 10.2. The first-order valence-electron chi connectivity index (χ1n) is 8.32. The van der Waals surface area contributed by atoms with Crippen LogP contribution in [0, 0.1) is 6.92 Å². The molecule has 0 aliphatic heterocycles. The van der Waals surface area contributed by atoms with Crippen molar-refractivity contribution in [2.24, 2.45) is 0 Å². The SMILES string of the molecule is Cc1ccc(OCCN(C)C(=O)c2ccccc2SC(C)C(=O)O)cc1. The molecule has 1 amide bonds. The van der Waals surface area contributed by atoms with E-state index in [2.05, 4.69) is 0 Å². The minimum absolute atomic E-state index is 0.154. The highest BCUT2D eigenvalue weighted by Crippen LogP contribution is 2.27. The van der Waals surface area contributed by atoms with E-state index in [1.165, 1.54) is 11.8 Å². The largest absolute Gasteiger partial charge is 0.492 e. The van der Waals surface area contributed by atoms with Crippen LogP contribution in [0.5, 0.6) is 5.75 Å². The van der Waals surface area contributed by atoms with Crippen LogP contribution in [0.25, 0.3) is 0 Å². The fraction of sp³-hybridized carbons (Fsp3) is 0.300. The summed E-state index contributed by atoms with van der Waals surface area (Å²) in [6, 6.07) is 14.8. The predicted molar refractivity (Wildman–Crippen MR) is 103 cm³/mol. The van der Waals surface area contributed by atoms with Crippen LogP contribution in [-0.4, -0.2) is 47.3 Å². The Morgan fingerprint density at radius 3 is 2.46 bits per heavy atom. The van der Waals surface area contributed by atoms with Gasteiger partial charge in [0.15, 0.2) is 0 Å². The van der Waals surface area contributed by atoms with E-state index < -0.39 is 11.2 Å². The molecule has 1 N–H and O–H groups in total. The van der Waals surface area contributed by atoms with Gasteiger partial charge in [-0.2, -0.15) is 0 Å². The van der Waals surface area contributed by atoms with Crippen molar-refractivity contribution < 1.29 is 19.4 Å². The molecule has 0 fully saturated rings. The lowest BCUT2D eigenvalue weighted by molar-refractivity contribution is -0.136. The number of likely N-dealkylation sites (N-methyl/N-ethyl adjacent to an activating group) is 1. The molecular weight excluding hydrogens is 350 g/mol. The van der Waals surface area contributed by atoms with Gasteiger partial charge in [0.25, 0.3) is 5.91 Å². The fourth-order valence-electron chi connectivity index (χ4n) is 2.23. The normalized spacial score (nSPS) is 11.7. The lowest BCUT2D eigenvalue weighted by Gasteiger charge is -2.19. The second-order valence-corrected chi connectivity index (χ2v) is 7.37. The summed E-state index contributed by atoms with van der Waals surface area (Å²) in [5, 5.41) is 8.46. The molecule has 0 heterocycles. The van der Waals surface area contributed by atoms with E-state index >= 15 is 0 Å². The van der Waals surface area contributed by atoms with Crippen molar-refractivity contribution in [1.82, 2.24) is 4.90 Å². The summed E-state index contributed by atoms with van der Waals surface area (Å²) in [4.78, 5) is 26.0. The Kier molecular flexibility index (Phi) is 7.09. The van der Waals surface area contributed by atoms with Gasteiger partial charge < -0.3 is 14.7 Å². The molecule has 0 bridgehead atoms. The van der Waals surface area contributed by atoms with Gasteiger partial charge in [-0.05, 0) is 38.1 Å². The van der Waals surface area contributed by atoms with E-state index in [4.69, 9.17) is 9.84 Å². The number of carboxylic acids is 1. The summed E-state index contributed by atoms with van der Waals surface area (Å²) < 4.78 is 5.67. The minimum Gasteiger partial charge on any atom is -0.492 e. The van der Waals surface area contributed by atoms with Gasteiger partial charge in [0.05, 0.1) is 12.1 Å². The number of benzene rings is 2. The van der Waals surface area contributed by atoms with Crippen molar-refractivity contribution in [3.05, 3.63) is 59.7 Å². The lowest BCUT2D eigenvalue weighted by Crippen LogP contribution is -2.31. The molecule has 0 aliphatic carbocycles. The number of nitrogens with zero attached hydrogens (tertiary/aromatic N) is 1. The Balaban J connectivity index is 1.97. The molecule has 0 saturated carbocycles. The first-order chi connectivity index (χ1) is 12.4. The van der Waals surface area contributed by atoms with Crippen LogP contribution in [0.1, 0.15) is 22.8 Å². The summed E-state index contributed by atoms with van der Waals surface area (Å²) in [6.45, 7) is 4.43. The summed E-state index contributed by atoms with van der Waals surface area (Å²) in [5.41, 5.74) is 1.66. The van der Waals surface area contributed by atoms with E-state index in [1.807, 2.05) is 31.2 Å². The summed E-state index contributed by atoms with van der Waals surface area (Å²) in [7, 11) is 1.71. The van der Waals surface area contributed by atoms with E-state index in [9.17, 15) is 9.59 Å². The topological polar surface area (TPSA) is 66.8 Å². The van der Waals surface area contributed by atoms with Crippen molar-refractivity contribution >= 4 is 23.6 Å². The zero-order valence-corrected chi connectivity index (χ0v) is 16.0. The number of hydrogen-bond acceptors (Lipinski definition) is 4. The van der Waals surface area contributed by atoms with Gasteiger partial charge >= 0.3 is 5.97 Å². The number of carboxylic acid groups (broad SMARTS) is 1. The molecule has 138 valence electrons. The number of aryl methyl sites for hydroxylation is 1. The zero-order valence-electron chi connectivity index (χ0n) is 15.1. The molecule has 26 heavy (non-hydrogen) atoms. The van der Waals surface area contributed by atoms with Crippen LogP contribution >= 0.6 is 11.8 Å². The number of aliphatic carboxylic acids is 1. The molecule has 1 unspecified atom stereocenters. The van der Waals surface area contributed by atoms with Gasteiger partial charge in [0.1, 0.15) is 17.6 Å². The molecule has 5 nitrogen and oxygen atoms in total. The number of carbonyl (C=O) groups excluding carboxylic acids is 1. The van der Waals surface area contributed by atoms with Crippen LogP contribution in [0.2, 0.25) is 0 Å². The maximum Gasteiger partial charge on any atom is 0.316 e. The van der Waals surface area contributed by atoms with Gasteiger partial charge in [0.2, 0.25) is 0 Å². The van der Waals surface area contributed by atoms with Gasteiger partial charge in [-0.1, -0.05) is 29.8 Å². The average Bonchev–Trinajstić information content (AvgIpc) is 2.63. The standard InChI is InChI=1S/C20H23NO4S/c1-14-8-10-16(11-9-14)25-13-12-21(3)19(22)17-6-4-5-7-18(17)26-15(2)20(23)24/h4-11,15H,12-13H2,1-3H3,(H,23,24). The molecule has 0 aromatic heterocycles. The van der Waals surface area contributed by atoms with Crippen molar-refractivity contribution in [3.63, 3.8) is 0 Å². The van der Waals surface area contributed by atoms with Crippen LogP contribution in [-0.2, 0) is 4.79 Å². The maximum absolute atomic E-state index is 12.7. The molecule has 0 saturated heterocycles. The fourth-order valence-corrected chi connectivity index (χ4v) is 3.15. The third-order valence-electron chi connectivity index (χ3n) is 3.83. The second kappa shape index (κ2) is 9.29.